The molecule has 0 amide bonds. The fourth-order valence-electron chi connectivity index (χ4n) is 1.27. The van der Waals surface area contributed by atoms with Crippen molar-refractivity contribution in [1.82, 2.24) is 0 Å². The van der Waals surface area contributed by atoms with E-state index in [1.807, 2.05) is 0 Å². The second-order valence-electron chi connectivity index (χ2n) is 3.92. The van der Waals surface area contributed by atoms with E-state index in [1.165, 1.54) is 25.7 Å². The molecule has 0 rings (SSSR count). The molecule has 0 heterocycles. The van der Waals surface area contributed by atoms with Crippen molar-refractivity contribution in [3.63, 3.8) is 0 Å². The molecule has 0 spiro atoms. The molecule has 0 saturated heterocycles. The minimum atomic E-state index is 0.0603. The lowest BCUT2D eigenvalue weighted by Crippen LogP contribution is -2.42. The molecule has 1 heteroatoms. The quantitative estimate of drug-likeness (QED) is 0.652. The molecule has 2 unspecified atom stereocenters. The molecular formula is C10H23N. The largest absolute Gasteiger partial charge is 0.325 e. The van der Waals surface area contributed by atoms with Gasteiger partial charge in [-0.1, -0.05) is 40.0 Å². The van der Waals surface area contributed by atoms with E-state index in [9.17, 15) is 0 Å². The van der Waals surface area contributed by atoms with E-state index in [-0.39, 0.29) is 5.54 Å². The molecule has 0 aliphatic carbocycles. The van der Waals surface area contributed by atoms with Crippen molar-refractivity contribution in [1.29, 1.82) is 0 Å². The molecule has 0 aromatic carbocycles. The standard InChI is InChI=1S/C10H23N/c1-5-7-8-10(4,11)9(3)6-2/h9H,5-8,11H2,1-4H3. The van der Waals surface area contributed by atoms with Crippen LogP contribution in [0.2, 0.25) is 0 Å². The lowest BCUT2D eigenvalue weighted by molar-refractivity contribution is 0.282. The molecule has 2 N–H and O–H groups in total. The Morgan fingerprint density at radius 2 is 1.91 bits per heavy atom. The molecule has 0 aliphatic rings. The predicted octanol–water partition coefficient (Wildman–Crippen LogP) is 2.94. The third-order valence-electron chi connectivity index (χ3n) is 2.81. The van der Waals surface area contributed by atoms with Crippen molar-refractivity contribution < 1.29 is 0 Å². The third kappa shape index (κ3) is 3.76. The summed E-state index contributed by atoms with van der Waals surface area (Å²) in [4.78, 5) is 0. The van der Waals surface area contributed by atoms with E-state index in [0.717, 1.165) is 0 Å². The van der Waals surface area contributed by atoms with Crippen molar-refractivity contribution in [2.24, 2.45) is 11.7 Å². The molecule has 0 saturated carbocycles. The Labute approximate surface area is 71.4 Å². The van der Waals surface area contributed by atoms with Crippen LogP contribution in [0.3, 0.4) is 0 Å². The van der Waals surface area contributed by atoms with Gasteiger partial charge in [0.2, 0.25) is 0 Å². The summed E-state index contributed by atoms with van der Waals surface area (Å²) in [6.45, 7) is 8.85. The minimum absolute atomic E-state index is 0.0603. The van der Waals surface area contributed by atoms with Crippen LogP contribution in [0.1, 0.15) is 53.4 Å². The van der Waals surface area contributed by atoms with Crippen LogP contribution in [0.15, 0.2) is 0 Å². The summed E-state index contributed by atoms with van der Waals surface area (Å²) in [6.07, 6.45) is 4.87. The van der Waals surface area contributed by atoms with E-state index >= 15 is 0 Å². The molecule has 0 aromatic rings. The van der Waals surface area contributed by atoms with Crippen molar-refractivity contribution >= 4 is 0 Å². The maximum Gasteiger partial charge on any atom is 0.0151 e. The molecule has 68 valence electrons. The smallest absolute Gasteiger partial charge is 0.0151 e. The Kier molecular flexibility index (Phi) is 4.74. The molecule has 0 aliphatic heterocycles. The summed E-state index contributed by atoms with van der Waals surface area (Å²) >= 11 is 0. The molecule has 1 nitrogen and oxygen atoms in total. The number of hydrogen-bond acceptors (Lipinski definition) is 1. The van der Waals surface area contributed by atoms with E-state index in [0.29, 0.717) is 5.92 Å². The highest BCUT2D eigenvalue weighted by atomic mass is 14.7. The van der Waals surface area contributed by atoms with E-state index in [1.54, 1.807) is 0 Å². The van der Waals surface area contributed by atoms with Crippen LogP contribution in [0, 0.1) is 5.92 Å². The Hall–Kier alpha value is -0.0400. The average Bonchev–Trinajstić information content (AvgIpc) is 1.99. The van der Waals surface area contributed by atoms with Gasteiger partial charge < -0.3 is 5.73 Å². The number of nitrogens with two attached hydrogens (primary N) is 1. The first-order valence-electron chi connectivity index (χ1n) is 4.83. The molecule has 2 atom stereocenters. The van der Waals surface area contributed by atoms with Crippen LogP contribution in [-0.4, -0.2) is 5.54 Å². The van der Waals surface area contributed by atoms with Gasteiger partial charge in [-0.2, -0.15) is 0 Å². The van der Waals surface area contributed by atoms with Crippen LogP contribution in [0.5, 0.6) is 0 Å². The van der Waals surface area contributed by atoms with Gasteiger partial charge in [0.25, 0.3) is 0 Å². The van der Waals surface area contributed by atoms with Crippen molar-refractivity contribution in [2.75, 3.05) is 0 Å². The van der Waals surface area contributed by atoms with E-state index in [4.69, 9.17) is 5.73 Å². The van der Waals surface area contributed by atoms with Gasteiger partial charge in [0.15, 0.2) is 0 Å². The van der Waals surface area contributed by atoms with Crippen LogP contribution >= 0.6 is 0 Å². The Bertz CT molecular complexity index is 97.0. The first-order chi connectivity index (χ1) is 5.04. The normalized spacial score (nSPS) is 19.4. The number of rotatable bonds is 5. The predicted molar refractivity (Wildman–Crippen MR) is 51.6 cm³/mol. The maximum absolute atomic E-state index is 6.16. The number of hydrogen-bond donors (Lipinski definition) is 1. The van der Waals surface area contributed by atoms with Gasteiger partial charge in [-0.05, 0) is 19.3 Å². The molecule has 0 aromatic heterocycles. The van der Waals surface area contributed by atoms with Gasteiger partial charge in [-0.25, -0.2) is 0 Å². The Balaban J connectivity index is 3.77. The van der Waals surface area contributed by atoms with Crippen LogP contribution in [0.25, 0.3) is 0 Å². The van der Waals surface area contributed by atoms with Crippen molar-refractivity contribution in [2.45, 2.75) is 58.9 Å². The van der Waals surface area contributed by atoms with Crippen LogP contribution in [0.4, 0.5) is 0 Å². The highest BCUT2D eigenvalue weighted by molar-refractivity contribution is 4.83. The van der Waals surface area contributed by atoms with Crippen LogP contribution in [-0.2, 0) is 0 Å². The fraction of sp³-hybridized carbons (Fsp3) is 1.00. The second kappa shape index (κ2) is 4.76. The van der Waals surface area contributed by atoms with Crippen LogP contribution < -0.4 is 5.73 Å². The SMILES string of the molecule is CCCCC(C)(N)C(C)CC. The van der Waals surface area contributed by atoms with Gasteiger partial charge in [-0.3, -0.25) is 0 Å². The summed E-state index contributed by atoms with van der Waals surface area (Å²) in [5, 5.41) is 0. The van der Waals surface area contributed by atoms with E-state index in [2.05, 4.69) is 27.7 Å². The monoisotopic (exact) mass is 157 g/mol. The van der Waals surface area contributed by atoms with Gasteiger partial charge in [0.1, 0.15) is 0 Å². The topological polar surface area (TPSA) is 26.0 Å². The Morgan fingerprint density at radius 3 is 2.27 bits per heavy atom. The van der Waals surface area contributed by atoms with Gasteiger partial charge >= 0.3 is 0 Å². The van der Waals surface area contributed by atoms with Gasteiger partial charge in [-0.15, -0.1) is 0 Å². The Morgan fingerprint density at radius 1 is 1.36 bits per heavy atom. The summed E-state index contributed by atoms with van der Waals surface area (Å²) in [5.41, 5.74) is 6.22. The molecule has 11 heavy (non-hydrogen) atoms. The lowest BCUT2D eigenvalue weighted by Gasteiger charge is -2.31. The lowest BCUT2D eigenvalue weighted by atomic mass is 9.82. The van der Waals surface area contributed by atoms with Gasteiger partial charge in [0.05, 0.1) is 0 Å². The molecule has 0 fully saturated rings. The molecular weight excluding hydrogens is 134 g/mol. The summed E-state index contributed by atoms with van der Waals surface area (Å²) in [5.74, 6) is 0.647. The number of unbranched alkanes of at least 4 members (excludes halogenated alkanes) is 1. The first kappa shape index (κ1) is 11.0. The first-order valence-corrected chi connectivity index (χ1v) is 4.83. The van der Waals surface area contributed by atoms with Crippen molar-refractivity contribution in [3.05, 3.63) is 0 Å². The van der Waals surface area contributed by atoms with Crippen molar-refractivity contribution in [3.8, 4) is 0 Å². The zero-order valence-corrected chi connectivity index (χ0v) is 8.48. The molecule has 0 radical (unpaired) electrons. The minimum Gasteiger partial charge on any atom is -0.325 e. The highest BCUT2D eigenvalue weighted by Crippen LogP contribution is 2.22. The van der Waals surface area contributed by atoms with E-state index < -0.39 is 0 Å². The molecule has 0 bridgehead atoms. The summed E-state index contributed by atoms with van der Waals surface area (Å²) < 4.78 is 0. The summed E-state index contributed by atoms with van der Waals surface area (Å²) in [7, 11) is 0. The fourth-order valence-corrected chi connectivity index (χ4v) is 1.27. The highest BCUT2D eigenvalue weighted by Gasteiger charge is 2.23. The van der Waals surface area contributed by atoms with Gasteiger partial charge in [0, 0.05) is 5.54 Å². The second-order valence-corrected chi connectivity index (χ2v) is 3.92. The summed E-state index contributed by atoms with van der Waals surface area (Å²) in [6, 6.07) is 0. The third-order valence-corrected chi connectivity index (χ3v) is 2.81. The zero-order chi connectivity index (χ0) is 8.91. The average molecular weight is 157 g/mol. The zero-order valence-electron chi connectivity index (χ0n) is 8.48. The maximum atomic E-state index is 6.16.